The summed E-state index contributed by atoms with van der Waals surface area (Å²) in [6.45, 7) is 9.02. The molecular formula is C42H46F19NO6Si. The van der Waals surface area contributed by atoms with Crippen molar-refractivity contribution in [2.75, 3.05) is 25.1 Å². The molecule has 0 aliphatic carbocycles. The van der Waals surface area contributed by atoms with E-state index in [4.69, 9.17) is 18.6 Å². The van der Waals surface area contributed by atoms with Crippen molar-refractivity contribution in [2.45, 2.75) is 126 Å². The first-order valence-electron chi connectivity index (χ1n) is 20.3. The first-order valence-corrected chi connectivity index (χ1v) is 22.5. The van der Waals surface area contributed by atoms with Crippen LogP contribution in [0.25, 0.3) is 0 Å². The highest BCUT2D eigenvalue weighted by Gasteiger charge is 2.95. The second-order valence-corrected chi connectivity index (χ2v) is 21.1. The summed E-state index contributed by atoms with van der Waals surface area (Å²) in [5, 5.41) is 2.15. The zero-order chi connectivity index (χ0) is 53.6. The minimum Gasteiger partial charge on any atom is -0.491 e. The molecular weight excluding hydrogens is 1000 g/mol. The number of halogens is 19. The molecule has 0 saturated heterocycles. The van der Waals surface area contributed by atoms with Gasteiger partial charge in [0, 0.05) is 24.5 Å². The molecule has 0 fully saturated rings. The van der Waals surface area contributed by atoms with Crippen LogP contribution in [0.5, 0.6) is 5.75 Å². The fourth-order valence-corrected chi connectivity index (χ4v) is 11.1. The summed E-state index contributed by atoms with van der Waals surface area (Å²) >= 11 is 0. The van der Waals surface area contributed by atoms with Gasteiger partial charge in [0.1, 0.15) is 30.1 Å². The number of nitrogens with one attached hydrogen (secondary N) is 1. The molecule has 0 aliphatic heterocycles. The third-order valence-electron chi connectivity index (χ3n) is 11.0. The van der Waals surface area contributed by atoms with Crippen LogP contribution in [0.15, 0.2) is 66.3 Å². The number of rotatable bonds is 24. The third-order valence-corrected chi connectivity index (χ3v) is 16.6. The maximum Gasteiger partial charge on any atom is 0.460 e. The minimum absolute atomic E-state index is 0.0438. The molecule has 0 radical (unpaired) electrons. The van der Waals surface area contributed by atoms with Crippen LogP contribution in [0.4, 0.5) is 93.9 Å². The third kappa shape index (κ3) is 12.6. The molecule has 0 bridgehead atoms. The Morgan fingerprint density at radius 3 is 1.68 bits per heavy atom. The van der Waals surface area contributed by atoms with Gasteiger partial charge < -0.3 is 18.6 Å². The normalized spacial score (nSPS) is 15.2. The maximum atomic E-state index is 15.0. The predicted molar refractivity (Wildman–Crippen MR) is 212 cm³/mol. The molecule has 0 heterocycles. The zero-order valence-corrected chi connectivity index (χ0v) is 38.2. The van der Waals surface area contributed by atoms with Gasteiger partial charge in [0.05, 0.1) is 18.9 Å². The lowest BCUT2D eigenvalue weighted by atomic mass is 9.88. The number of ether oxygens (including phenoxy) is 3. The molecule has 2 rings (SSSR count). The van der Waals surface area contributed by atoms with E-state index in [0.717, 1.165) is 18.2 Å². The van der Waals surface area contributed by atoms with E-state index in [-0.39, 0.29) is 17.9 Å². The van der Waals surface area contributed by atoms with Gasteiger partial charge in [0.15, 0.2) is 8.32 Å². The summed E-state index contributed by atoms with van der Waals surface area (Å²) in [5.74, 6) is -60.4. The molecule has 2 atom stereocenters. The number of esters is 1. The molecule has 1 N–H and O–H groups in total. The van der Waals surface area contributed by atoms with E-state index in [2.05, 4.69) is 5.32 Å². The molecule has 27 heteroatoms. The van der Waals surface area contributed by atoms with Gasteiger partial charge in [-0.1, -0.05) is 64.5 Å². The second kappa shape index (κ2) is 22.2. The molecule has 2 aromatic rings. The highest BCUT2D eigenvalue weighted by atomic mass is 28.4. The fourth-order valence-electron chi connectivity index (χ4n) is 6.66. The van der Waals surface area contributed by atoms with Crippen LogP contribution < -0.4 is 10.1 Å². The number of carbonyl (C=O) groups excluding carboxylic acids is 2. The Labute approximate surface area is 383 Å². The number of hydrogen-bond acceptors (Lipinski definition) is 6. The van der Waals surface area contributed by atoms with Crippen molar-refractivity contribution in [1.82, 2.24) is 0 Å². The van der Waals surface area contributed by atoms with E-state index in [1.165, 1.54) is 64.1 Å². The van der Waals surface area contributed by atoms with E-state index in [1.807, 2.05) is 0 Å². The average molecular weight is 1050 g/mol. The maximum absolute atomic E-state index is 15.0. The summed E-state index contributed by atoms with van der Waals surface area (Å²) in [6.07, 6.45) is -8.80. The summed E-state index contributed by atoms with van der Waals surface area (Å²) < 4.78 is 286. The van der Waals surface area contributed by atoms with Crippen LogP contribution in [0.1, 0.15) is 66.6 Å². The van der Waals surface area contributed by atoms with Crippen molar-refractivity contribution in [3.63, 3.8) is 0 Å². The van der Waals surface area contributed by atoms with Crippen LogP contribution in [-0.2, 0) is 18.7 Å². The highest BCUT2D eigenvalue weighted by Crippen LogP contribution is 2.64. The summed E-state index contributed by atoms with van der Waals surface area (Å²) in [7, 11) is -4.06. The van der Waals surface area contributed by atoms with Crippen molar-refractivity contribution >= 4 is 26.1 Å². The zero-order valence-electron chi connectivity index (χ0n) is 37.2. The van der Waals surface area contributed by atoms with Crippen LogP contribution in [0.2, 0.25) is 17.1 Å². The van der Waals surface area contributed by atoms with E-state index in [9.17, 15) is 84.2 Å². The van der Waals surface area contributed by atoms with Gasteiger partial charge in [-0.25, -0.2) is 18.4 Å². The standard InChI is InChI=1S/C42H46F19NO6Si/c1-8-65-32(63)11-9-10-25(6)26(7)33(68-34(64)62-31-17-14-28(43)22-30(31)44)27-12-15-29(16-13-27)66-19-20-67-69(23(2)3,24(4)5)21-18-35(45,46)36(47,48)37(49,50)38(51,52)39(53,54)40(55,56)41(57,58)42(59,60)61/h9-17,22-24,26,33H,8,18-21H2,1-7H3,(H,62,64)/b11-9+,25-10+/t26-,33+/m0/s1. The first-order chi connectivity index (χ1) is 31.2. The Bertz CT molecular complexity index is 2100. The predicted octanol–water partition coefficient (Wildman–Crippen LogP) is 14.5. The quantitative estimate of drug-likeness (QED) is 0.0282. The van der Waals surface area contributed by atoms with Crippen molar-refractivity contribution in [3.05, 3.63) is 83.5 Å². The first kappa shape index (κ1) is 60.4. The number of benzene rings is 2. The van der Waals surface area contributed by atoms with Gasteiger partial charge >= 0.3 is 59.7 Å². The van der Waals surface area contributed by atoms with Crippen LogP contribution >= 0.6 is 0 Å². The van der Waals surface area contributed by atoms with Crippen LogP contribution in [-0.4, -0.2) is 87.8 Å². The largest absolute Gasteiger partial charge is 0.491 e. The lowest BCUT2D eigenvalue weighted by Gasteiger charge is -2.44. The van der Waals surface area contributed by atoms with Gasteiger partial charge in [-0.15, -0.1) is 0 Å². The van der Waals surface area contributed by atoms with E-state index in [0.29, 0.717) is 11.6 Å². The smallest absolute Gasteiger partial charge is 0.460 e. The van der Waals surface area contributed by atoms with Gasteiger partial charge in [-0.3, -0.25) is 5.32 Å². The SMILES string of the molecule is CCOC(=O)/C=C/C=C(\C)[C@H](C)[C@@H](OC(=O)Nc1ccc(F)cc1F)c1ccc(OCCO[Si](CCC(F)(F)C(F)(F)C(F)(F)C(F)(F)C(F)(F)C(F)(F)C(F)(F)C(F)(F)F)(C(C)C)C(C)C)cc1. The fraction of sp³-hybridized carbons (Fsp3) is 0.571. The van der Waals surface area contributed by atoms with Gasteiger partial charge in [-0.2, -0.15) is 74.6 Å². The molecule has 0 aliphatic rings. The number of hydrogen-bond donors (Lipinski definition) is 1. The Kier molecular flexibility index (Phi) is 19.4. The monoisotopic (exact) mass is 1050 g/mol. The van der Waals surface area contributed by atoms with Gasteiger partial charge in [-0.05, 0) is 60.8 Å². The van der Waals surface area contributed by atoms with Crippen LogP contribution in [0, 0.1) is 17.6 Å². The molecule has 7 nitrogen and oxygen atoms in total. The Morgan fingerprint density at radius 1 is 0.696 bits per heavy atom. The molecule has 69 heavy (non-hydrogen) atoms. The van der Waals surface area contributed by atoms with Gasteiger partial charge in [0.2, 0.25) is 0 Å². The molecule has 0 spiro atoms. The van der Waals surface area contributed by atoms with E-state index in [1.54, 1.807) is 20.8 Å². The summed E-state index contributed by atoms with van der Waals surface area (Å²) in [6, 6.07) is 6.39. The number of allylic oxidation sites excluding steroid dienone is 2. The van der Waals surface area contributed by atoms with Crippen molar-refractivity contribution in [3.8, 4) is 5.75 Å². The Morgan fingerprint density at radius 2 is 1.20 bits per heavy atom. The molecule has 392 valence electrons. The topological polar surface area (TPSA) is 83.1 Å². The number of amides is 1. The van der Waals surface area contributed by atoms with E-state index < -0.39 is 134 Å². The second-order valence-electron chi connectivity index (χ2n) is 16.1. The van der Waals surface area contributed by atoms with Gasteiger partial charge in [0.25, 0.3) is 0 Å². The average Bonchev–Trinajstić information content (AvgIpc) is 3.22. The number of carbonyl (C=O) groups is 2. The Balaban J connectivity index is 2.35. The van der Waals surface area contributed by atoms with Crippen molar-refractivity contribution in [2.24, 2.45) is 5.92 Å². The summed E-state index contributed by atoms with van der Waals surface area (Å²) in [4.78, 5) is 24.7. The highest BCUT2D eigenvalue weighted by molar-refractivity contribution is 6.76. The van der Waals surface area contributed by atoms with Crippen molar-refractivity contribution < 1.29 is 112 Å². The molecule has 0 saturated carbocycles. The molecule has 0 unspecified atom stereocenters. The minimum atomic E-state index is -8.72. The molecule has 0 aromatic heterocycles. The van der Waals surface area contributed by atoms with E-state index >= 15 is 8.78 Å². The molecule has 2 aromatic carbocycles. The number of anilines is 1. The summed E-state index contributed by atoms with van der Waals surface area (Å²) in [5.41, 5.74) is -1.47. The lowest BCUT2D eigenvalue weighted by Crippen LogP contribution is -2.74. The Hall–Kier alpha value is -4.69. The lowest BCUT2D eigenvalue weighted by molar-refractivity contribution is -0.461. The number of alkyl halides is 17. The molecule has 1 amide bonds. The van der Waals surface area contributed by atoms with Crippen LogP contribution in [0.3, 0.4) is 0 Å². The van der Waals surface area contributed by atoms with Crippen molar-refractivity contribution in [1.29, 1.82) is 0 Å².